The molecule has 1 aliphatic heterocycles. The van der Waals surface area contributed by atoms with Crippen LogP contribution in [-0.4, -0.2) is 26.2 Å². The molecule has 0 saturated heterocycles. The van der Waals surface area contributed by atoms with Crippen molar-refractivity contribution < 1.29 is 4.74 Å². The van der Waals surface area contributed by atoms with Gasteiger partial charge in [0.15, 0.2) is 0 Å². The summed E-state index contributed by atoms with van der Waals surface area (Å²) in [6.45, 7) is 1.44. The molecule has 0 spiro atoms. The van der Waals surface area contributed by atoms with E-state index in [0.717, 1.165) is 12.2 Å². The quantitative estimate of drug-likeness (QED) is 0.808. The predicted octanol–water partition coefficient (Wildman–Crippen LogP) is 3.24. The molecule has 4 heteroatoms. The van der Waals surface area contributed by atoms with Crippen LogP contribution in [0.15, 0.2) is 47.5 Å². The molecule has 1 aliphatic rings. The summed E-state index contributed by atoms with van der Waals surface area (Å²) in [5.41, 5.74) is 1.13. The zero-order valence-corrected chi connectivity index (χ0v) is 11.9. The molecule has 0 aromatic heterocycles. The number of halogens is 1. The van der Waals surface area contributed by atoms with E-state index in [1.165, 1.54) is 10.8 Å². The molecule has 0 bridgehead atoms. The van der Waals surface area contributed by atoms with E-state index in [0.29, 0.717) is 12.6 Å². The van der Waals surface area contributed by atoms with Crippen molar-refractivity contribution >= 4 is 39.5 Å². The van der Waals surface area contributed by atoms with Crippen LogP contribution in [0.2, 0.25) is 0 Å². The van der Waals surface area contributed by atoms with Crippen LogP contribution in [-0.2, 0) is 4.74 Å². The highest BCUT2D eigenvalue weighted by Crippen LogP contribution is 2.26. The number of rotatable bonds is 1. The molecule has 0 saturated carbocycles. The molecule has 2 aromatic rings. The molecule has 0 unspecified atom stereocenters. The number of ether oxygens (including phenoxy) is 1. The first-order chi connectivity index (χ1) is 8.36. The van der Waals surface area contributed by atoms with E-state index in [4.69, 9.17) is 4.74 Å². The van der Waals surface area contributed by atoms with Gasteiger partial charge in [0, 0.05) is 12.4 Å². The van der Waals surface area contributed by atoms with Gasteiger partial charge < -0.3 is 4.74 Å². The van der Waals surface area contributed by atoms with Gasteiger partial charge in [0.05, 0.1) is 12.2 Å². The van der Waals surface area contributed by atoms with Gasteiger partial charge in [0.2, 0.25) is 0 Å². The standard InChI is InChI=1S/C14H14N2O.BrH/c1-16(14-15-9-10-17-14)13-8-4-6-11-5-2-3-7-12(11)13;/h2-8H,9-10H2,1H3;1H. The van der Waals surface area contributed by atoms with E-state index in [1.807, 2.05) is 11.9 Å². The van der Waals surface area contributed by atoms with Gasteiger partial charge in [-0.15, -0.1) is 17.0 Å². The fourth-order valence-corrected chi connectivity index (χ4v) is 2.13. The van der Waals surface area contributed by atoms with Crippen LogP contribution < -0.4 is 4.90 Å². The molecule has 1 heterocycles. The summed E-state index contributed by atoms with van der Waals surface area (Å²) in [7, 11) is 1.99. The van der Waals surface area contributed by atoms with Crippen LogP contribution in [0.1, 0.15) is 0 Å². The molecule has 2 aromatic carbocycles. The third-order valence-corrected chi connectivity index (χ3v) is 2.98. The number of amidine groups is 1. The fraction of sp³-hybridized carbons (Fsp3) is 0.214. The monoisotopic (exact) mass is 306 g/mol. The van der Waals surface area contributed by atoms with Gasteiger partial charge in [-0.2, -0.15) is 0 Å². The number of hydrogen-bond acceptors (Lipinski definition) is 3. The van der Waals surface area contributed by atoms with E-state index < -0.39 is 0 Å². The molecule has 94 valence electrons. The van der Waals surface area contributed by atoms with E-state index in [2.05, 4.69) is 47.5 Å². The average molecular weight is 307 g/mol. The maximum absolute atomic E-state index is 5.49. The van der Waals surface area contributed by atoms with Gasteiger partial charge >= 0.3 is 0 Å². The highest BCUT2D eigenvalue weighted by atomic mass is 79.9. The van der Waals surface area contributed by atoms with Crippen LogP contribution in [0, 0.1) is 0 Å². The summed E-state index contributed by atoms with van der Waals surface area (Å²) >= 11 is 0. The molecule has 0 amide bonds. The number of aliphatic imine (C=N–C) groups is 1. The summed E-state index contributed by atoms with van der Waals surface area (Å²) in [5, 5.41) is 2.45. The lowest BCUT2D eigenvalue weighted by Gasteiger charge is -2.19. The first kappa shape index (κ1) is 12.9. The van der Waals surface area contributed by atoms with Crippen molar-refractivity contribution in [2.24, 2.45) is 4.99 Å². The fourth-order valence-electron chi connectivity index (χ4n) is 2.13. The van der Waals surface area contributed by atoms with Crippen LogP contribution in [0.3, 0.4) is 0 Å². The third-order valence-electron chi connectivity index (χ3n) is 2.98. The molecule has 18 heavy (non-hydrogen) atoms. The molecule has 3 nitrogen and oxygen atoms in total. The largest absolute Gasteiger partial charge is 0.463 e. The van der Waals surface area contributed by atoms with Crippen LogP contribution in [0.4, 0.5) is 5.69 Å². The Kier molecular flexibility index (Phi) is 3.87. The summed E-state index contributed by atoms with van der Waals surface area (Å²) in [6.07, 6.45) is 0. The van der Waals surface area contributed by atoms with Crippen molar-refractivity contribution in [2.45, 2.75) is 0 Å². The van der Waals surface area contributed by atoms with Gasteiger partial charge in [-0.3, -0.25) is 4.90 Å². The molecule has 0 N–H and O–H groups in total. The smallest absolute Gasteiger partial charge is 0.291 e. The zero-order chi connectivity index (χ0) is 11.7. The van der Waals surface area contributed by atoms with E-state index in [9.17, 15) is 0 Å². The van der Waals surface area contributed by atoms with Gasteiger partial charge in [-0.25, -0.2) is 4.99 Å². The van der Waals surface area contributed by atoms with Gasteiger partial charge in [0.25, 0.3) is 6.02 Å². The van der Waals surface area contributed by atoms with Crippen molar-refractivity contribution in [3.05, 3.63) is 42.5 Å². The second kappa shape index (κ2) is 5.40. The highest BCUT2D eigenvalue weighted by Gasteiger charge is 2.15. The van der Waals surface area contributed by atoms with Gasteiger partial charge in [-0.05, 0) is 11.5 Å². The second-order valence-electron chi connectivity index (χ2n) is 4.07. The van der Waals surface area contributed by atoms with Crippen molar-refractivity contribution in [3.63, 3.8) is 0 Å². The van der Waals surface area contributed by atoms with E-state index in [-0.39, 0.29) is 17.0 Å². The number of nitrogens with zero attached hydrogens (tertiary/aromatic N) is 2. The minimum Gasteiger partial charge on any atom is -0.463 e. The number of benzene rings is 2. The van der Waals surface area contributed by atoms with Crippen molar-refractivity contribution in [1.82, 2.24) is 0 Å². The summed E-state index contributed by atoms with van der Waals surface area (Å²) in [6, 6.07) is 15.3. The van der Waals surface area contributed by atoms with Gasteiger partial charge in [-0.1, -0.05) is 36.4 Å². The lowest BCUT2D eigenvalue weighted by atomic mass is 10.1. The highest BCUT2D eigenvalue weighted by molar-refractivity contribution is 8.93. The Balaban J connectivity index is 0.00000120. The maximum atomic E-state index is 5.49. The molecular weight excluding hydrogens is 292 g/mol. The van der Waals surface area contributed by atoms with Crippen LogP contribution in [0.25, 0.3) is 10.8 Å². The van der Waals surface area contributed by atoms with E-state index >= 15 is 0 Å². The van der Waals surface area contributed by atoms with Crippen LogP contribution in [0.5, 0.6) is 0 Å². The summed E-state index contributed by atoms with van der Waals surface area (Å²) < 4.78 is 5.49. The Morgan fingerprint density at radius 3 is 2.67 bits per heavy atom. The Bertz CT molecular complexity index is 578. The van der Waals surface area contributed by atoms with Crippen molar-refractivity contribution in [1.29, 1.82) is 0 Å². The topological polar surface area (TPSA) is 24.8 Å². The maximum Gasteiger partial charge on any atom is 0.291 e. The predicted molar refractivity (Wildman–Crippen MR) is 80.9 cm³/mol. The zero-order valence-electron chi connectivity index (χ0n) is 10.2. The summed E-state index contributed by atoms with van der Waals surface area (Å²) in [4.78, 5) is 6.35. The Labute approximate surface area is 117 Å². The lowest BCUT2D eigenvalue weighted by molar-refractivity contribution is 0.340. The molecule has 0 fully saturated rings. The Morgan fingerprint density at radius 1 is 1.11 bits per heavy atom. The SMILES string of the molecule is Br.CN(C1=NCCO1)c1cccc2ccccc12. The first-order valence-corrected chi connectivity index (χ1v) is 5.75. The third kappa shape index (κ3) is 2.20. The average Bonchev–Trinajstić information content (AvgIpc) is 2.91. The molecule has 0 radical (unpaired) electrons. The Hall–Kier alpha value is -1.55. The lowest BCUT2D eigenvalue weighted by Crippen LogP contribution is -2.26. The normalized spacial score (nSPS) is 13.7. The second-order valence-corrected chi connectivity index (χ2v) is 4.07. The number of hydrogen-bond donors (Lipinski definition) is 0. The van der Waals surface area contributed by atoms with E-state index in [1.54, 1.807) is 0 Å². The number of anilines is 1. The molecular formula is C14H15BrN2O. The first-order valence-electron chi connectivity index (χ1n) is 5.75. The Morgan fingerprint density at radius 2 is 1.89 bits per heavy atom. The van der Waals surface area contributed by atoms with Crippen molar-refractivity contribution in [2.75, 3.05) is 25.1 Å². The molecule has 3 rings (SSSR count). The number of fused-ring (bicyclic) bond motifs is 1. The summed E-state index contributed by atoms with van der Waals surface area (Å²) in [5.74, 6) is 0. The van der Waals surface area contributed by atoms with Crippen LogP contribution >= 0.6 is 17.0 Å². The van der Waals surface area contributed by atoms with Crippen molar-refractivity contribution in [3.8, 4) is 0 Å². The minimum absolute atomic E-state index is 0. The minimum atomic E-state index is 0. The van der Waals surface area contributed by atoms with Gasteiger partial charge in [0.1, 0.15) is 6.61 Å². The molecule has 0 aliphatic carbocycles. The molecule has 0 atom stereocenters.